The summed E-state index contributed by atoms with van der Waals surface area (Å²) < 4.78 is 10.8. The maximum absolute atomic E-state index is 10.8. The Hall–Kier alpha value is -3.59. The summed E-state index contributed by atoms with van der Waals surface area (Å²) in [5, 5.41) is 11.8. The molecule has 0 atom stereocenters. The van der Waals surface area contributed by atoms with Crippen LogP contribution in [0.15, 0.2) is 46.9 Å². The lowest BCUT2D eigenvalue weighted by Gasteiger charge is -1.96. The zero-order valence-electron chi connectivity index (χ0n) is 12.6. The Kier molecular flexibility index (Phi) is 4.25. The molecule has 0 aliphatic heterocycles. The summed E-state index contributed by atoms with van der Waals surface area (Å²) in [6.07, 6.45) is 5.67. The molecule has 2 heterocycles. The van der Waals surface area contributed by atoms with Crippen molar-refractivity contribution in [2.75, 3.05) is 7.11 Å². The minimum absolute atomic E-state index is 0.234. The molecule has 1 aromatic carbocycles. The molecule has 3 rings (SSSR count). The molecule has 0 saturated carbocycles. The second-order valence-corrected chi connectivity index (χ2v) is 4.72. The van der Waals surface area contributed by atoms with Crippen molar-refractivity contribution >= 4 is 22.9 Å². The molecule has 0 amide bonds. The van der Waals surface area contributed by atoms with Crippen LogP contribution < -0.4 is 4.74 Å². The average Bonchev–Trinajstić information content (AvgIpc) is 3.00. The van der Waals surface area contributed by atoms with E-state index in [4.69, 9.17) is 9.15 Å². The molecule has 0 aliphatic rings. The van der Waals surface area contributed by atoms with Crippen LogP contribution in [0.3, 0.4) is 0 Å². The van der Waals surface area contributed by atoms with Gasteiger partial charge in [-0.3, -0.25) is 0 Å². The highest BCUT2D eigenvalue weighted by Gasteiger charge is 2.11. The number of hydrogen-bond acceptors (Lipinski definition) is 5. The van der Waals surface area contributed by atoms with Crippen LogP contribution in [0.4, 0.5) is 5.82 Å². The van der Waals surface area contributed by atoms with Crippen molar-refractivity contribution in [2.45, 2.75) is 0 Å². The Bertz CT molecular complexity index is 993. The summed E-state index contributed by atoms with van der Waals surface area (Å²) in [4.78, 5) is 13.8. The summed E-state index contributed by atoms with van der Waals surface area (Å²) >= 11 is 0. The smallest absolute Gasteiger partial charge is 0.380 e. The largest absolute Gasteiger partial charge is 0.497 e. The van der Waals surface area contributed by atoms with Crippen molar-refractivity contribution in [3.8, 4) is 17.6 Å². The van der Waals surface area contributed by atoms with Crippen molar-refractivity contribution in [3.63, 3.8) is 0 Å². The van der Waals surface area contributed by atoms with Gasteiger partial charge in [-0.2, -0.15) is 0 Å². The Balaban J connectivity index is 1.82. The molecule has 0 N–H and O–H groups in total. The second-order valence-electron chi connectivity index (χ2n) is 4.72. The number of allylic oxidation sites excluding steroid dienone is 1. The summed E-state index contributed by atoms with van der Waals surface area (Å²) in [5.74, 6) is 6.50. The molecule has 117 valence electrons. The quantitative estimate of drug-likeness (QED) is 0.418. The fourth-order valence-electron chi connectivity index (χ4n) is 2.08. The minimum Gasteiger partial charge on any atom is -0.497 e. The summed E-state index contributed by atoms with van der Waals surface area (Å²) in [7, 11) is 1.60. The van der Waals surface area contributed by atoms with E-state index in [0.717, 1.165) is 16.7 Å². The first kappa shape index (κ1) is 15.3. The third-order valence-corrected chi connectivity index (χ3v) is 3.19. The van der Waals surface area contributed by atoms with Gasteiger partial charge in [0.15, 0.2) is 0 Å². The van der Waals surface area contributed by atoms with Crippen molar-refractivity contribution in [2.24, 2.45) is 0 Å². The van der Waals surface area contributed by atoms with Gasteiger partial charge in [0, 0.05) is 5.39 Å². The van der Waals surface area contributed by atoms with E-state index in [9.17, 15) is 10.1 Å². The molecule has 0 bridgehead atoms. The molecule has 2 aromatic heterocycles. The lowest BCUT2D eigenvalue weighted by molar-refractivity contribution is -0.389. The predicted molar refractivity (Wildman–Crippen MR) is 88.4 cm³/mol. The van der Waals surface area contributed by atoms with Crippen molar-refractivity contribution in [3.05, 3.63) is 70.1 Å². The van der Waals surface area contributed by atoms with Crippen LogP contribution in [0, 0.1) is 28.2 Å². The first-order valence-corrected chi connectivity index (χ1v) is 6.94. The Morgan fingerprint density at radius 3 is 3.04 bits per heavy atom. The lowest BCUT2D eigenvalue weighted by atomic mass is 10.2. The van der Waals surface area contributed by atoms with Crippen molar-refractivity contribution < 1.29 is 14.1 Å². The van der Waals surface area contributed by atoms with Crippen LogP contribution in [0.25, 0.3) is 17.0 Å². The molecule has 0 fully saturated rings. The van der Waals surface area contributed by atoms with Gasteiger partial charge in [0.05, 0.1) is 7.11 Å². The zero-order chi connectivity index (χ0) is 16.9. The number of aromatic nitrogens is 1. The van der Waals surface area contributed by atoms with E-state index < -0.39 is 4.92 Å². The number of nitro groups is 1. The molecular formula is C18H11N2O4. The molecule has 0 unspecified atom stereocenters. The number of rotatable bonds is 3. The van der Waals surface area contributed by atoms with Gasteiger partial charge < -0.3 is 19.3 Å². The Morgan fingerprint density at radius 2 is 2.25 bits per heavy atom. The number of furan rings is 1. The van der Waals surface area contributed by atoms with Crippen LogP contribution >= 0.6 is 0 Å². The Morgan fingerprint density at radius 1 is 1.38 bits per heavy atom. The van der Waals surface area contributed by atoms with Gasteiger partial charge in [-0.1, -0.05) is 11.8 Å². The first-order valence-electron chi connectivity index (χ1n) is 6.94. The maximum Gasteiger partial charge on any atom is 0.380 e. The monoisotopic (exact) mass is 319 g/mol. The van der Waals surface area contributed by atoms with E-state index in [2.05, 4.69) is 23.0 Å². The lowest BCUT2D eigenvalue weighted by Crippen LogP contribution is -1.94. The van der Waals surface area contributed by atoms with Crippen LogP contribution in [-0.4, -0.2) is 17.0 Å². The van der Waals surface area contributed by atoms with Gasteiger partial charge in [-0.05, 0) is 58.5 Å². The van der Waals surface area contributed by atoms with Crippen LogP contribution in [0.5, 0.6) is 5.75 Å². The van der Waals surface area contributed by atoms with E-state index in [1.807, 2.05) is 24.3 Å². The predicted octanol–water partition coefficient (Wildman–Crippen LogP) is 3.61. The molecule has 0 spiro atoms. The Labute approximate surface area is 137 Å². The van der Waals surface area contributed by atoms with E-state index in [1.165, 1.54) is 12.1 Å². The third kappa shape index (κ3) is 3.25. The highest BCUT2D eigenvalue weighted by atomic mass is 16.6. The van der Waals surface area contributed by atoms with Crippen molar-refractivity contribution in [1.29, 1.82) is 0 Å². The van der Waals surface area contributed by atoms with Crippen LogP contribution in [0.2, 0.25) is 0 Å². The zero-order valence-corrected chi connectivity index (χ0v) is 12.6. The van der Waals surface area contributed by atoms with Gasteiger partial charge in [0.1, 0.15) is 22.7 Å². The summed E-state index contributed by atoms with van der Waals surface area (Å²) in [5.41, 5.74) is 0.972. The number of benzene rings is 1. The minimum atomic E-state index is -0.586. The highest BCUT2D eigenvalue weighted by Crippen LogP contribution is 2.24. The topological polar surface area (TPSA) is 78.4 Å². The van der Waals surface area contributed by atoms with E-state index >= 15 is 0 Å². The third-order valence-electron chi connectivity index (χ3n) is 3.19. The van der Waals surface area contributed by atoms with Crippen molar-refractivity contribution in [1.82, 2.24) is 4.98 Å². The average molecular weight is 319 g/mol. The first-order chi connectivity index (χ1) is 11.7. The number of nitrogens with zero attached hydrogens (tertiary/aromatic N) is 2. The van der Waals surface area contributed by atoms with Gasteiger partial charge in [0.25, 0.3) is 0 Å². The number of pyridine rings is 1. The SMILES string of the molecule is COc1ccc2oc(/C=C/C#Cc3cc[c]nc3[N+](=O)[O-])cc2c1. The molecule has 0 saturated heterocycles. The van der Waals surface area contributed by atoms with E-state index in [0.29, 0.717) is 5.76 Å². The summed E-state index contributed by atoms with van der Waals surface area (Å²) in [6, 6.07) is 10.4. The van der Waals surface area contributed by atoms with Crippen LogP contribution in [-0.2, 0) is 0 Å². The number of hydrogen-bond donors (Lipinski definition) is 0. The van der Waals surface area contributed by atoms with E-state index in [-0.39, 0.29) is 11.4 Å². The highest BCUT2D eigenvalue weighted by molar-refractivity contribution is 5.81. The number of ether oxygens (including phenoxy) is 1. The normalized spacial score (nSPS) is 10.5. The van der Waals surface area contributed by atoms with Gasteiger partial charge in [-0.25, -0.2) is 0 Å². The molecule has 0 aliphatic carbocycles. The second kappa shape index (κ2) is 6.67. The molecule has 3 aromatic rings. The van der Waals surface area contributed by atoms with Gasteiger partial charge in [-0.15, -0.1) is 0 Å². The fraction of sp³-hybridized carbons (Fsp3) is 0.0556. The molecule has 24 heavy (non-hydrogen) atoms. The molecular weight excluding hydrogens is 308 g/mol. The summed E-state index contributed by atoms with van der Waals surface area (Å²) in [6.45, 7) is 0. The van der Waals surface area contributed by atoms with E-state index in [1.54, 1.807) is 19.3 Å². The van der Waals surface area contributed by atoms with Gasteiger partial charge >= 0.3 is 5.82 Å². The van der Waals surface area contributed by atoms with Gasteiger partial charge in [0.2, 0.25) is 6.20 Å². The fourth-order valence-corrected chi connectivity index (χ4v) is 2.08. The van der Waals surface area contributed by atoms with Crippen LogP contribution in [0.1, 0.15) is 11.3 Å². The maximum atomic E-state index is 10.8. The molecule has 6 heteroatoms. The molecule has 6 nitrogen and oxygen atoms in total. The number of fused-ring (bicyclic) bond motifs is 1. The molecule has 1 radical (unpaired) electrons. The number of methoxy groups -OCH3 is 1. The standard InChI is InChI=1S/C18H11N2O4/c1-23-15-8-9-17-14(11-15)12-16(24-17)7-3-2-5-13-6-4-10-19-18(13)20(21)22/h3-4,6-9,11-12H,1H3/b7-3+.